The molecule has 0 radical (unpaired) electrons. The summed E-state index contributed by atoms with van der Waals surface area (Å²) >= 11 is 5.84. The first-order valence-electron chi connectivity index (χ1n) is 7.13. The maximum atomic E-state index is 12.0. The van der Waals surface area contributed by atoms with Gasteiger partial charge in [0, 0.05) is 11.8 Å². The number of nitrogens with zero attached hydrogens (tertiary/aromatic N) is 1. The highest BCUT2D eigenvalue weighted by molar-refractivity contribution is 6.32. The van der Waals surface area contributed by atoms with E-state index >= 15 is 0 Å². The molecule has 1 aliphatic heterocycles. The minimum absolute atomic E-state index is 0.103. The molecular weight excluding hydrogens is 332 g/mol. The predicted octanol–water partition coefficient (Wildman–Crippen LogP) is 2.69. The second-order valence-electron chi connectivity index (χ2n) is 4.96. The number of hydrogen-bond donors (Lipinski definition) is 1. The molecule has 6 nitrogen and oxygen atoms in total. The van der Waals surface area contributed by atoms with Gasteiger partial charge in [0.05, 0.1) is 11.3 Å². The number of anilines is 1. The summed E-state index contributed by atoms with van der Waals surface area (Å²) in [5, 5.41) is 2.69. The van der Waals surface area contributed by atoms with E-state index in [0.717, 1.165) is 5.56 Å². The van der Waals surface area contributed by atoms with Crippen LogP contribution in [0.5, 0.6) is 5.75 Å². The number of ether oxygens (including phenoxy) is 2. The molecule has 0 unspecified atom stereocenters. The second kappa shape index (κ2) is 7.14. The number of rotatable bonds is 4. The number of benzene rings is 1. The number of carbonyl (C=O) groups excluding carboxylic acids is 2. The topological polar surface area (TPSA) is 77.5 Å². The number of halogens is 1. The van der Waals surface area contributed by atoms with Crippen LogP contribution in [0.2, 0.25) is 5.15 Å². The molecule has 1 aromatic carbocycles. The van der Waals surface area contributed by atoms with Crippen LogP contribution in [-0.4, -0.2) is 30.1 Å². The first-order chi connectivity index (χ1) is 11.6. The molecule has 0 aliphatic carbocycles. The van der Waals surface area contributed by atoms with Crippen LogP contribution >= 0.6 is 11.6 Å². The Balaban J connectivity index is 1.57. The minimum Gasteiger partial charge on any atom is -0.488 e. The third-order valence-electron chi connectivity index (χ3n) is 3.26. The van der Waals surface area contributed by atoms with Gasteiger partial charge < -0.3 is 14.8 Å². The molecule has 0 saturated carbocycles. The smallest absolute Gasteiger partial charge is 0.338 e. The van der Waals surface area contributed by atoms with Crippen LogP contribution in [0.15, 0.2) is 48.2 Å². The monoisotopic (exact) mass is 344 g/mol. The number of aromatic nitrogens is 1. The van der Waals surface area contributed by atoms with Gasteiger partial charge in [-0.3, -0.25) is 4.79 Å². The normalized spacial score (nSPS) is 12.5. The second-order valence-corrected chi connectivity index (χ2v) is 5.32. The predicted molar refractivity (Wildman–Crippen MR) is 88.7 cm³/mol. The molecule has 0 bridgehead atoms. The van der Waals surface area contributed by atoms with E-state index in [1.165, 1.54) is 6.20 Å². The molecule has 1 aliphatic rings. The standard InChI is InChI=1S/C17H13ClN2O4/c18-16-13(5-3-7-19-16)20-15(21)10-24-17(22)12-8-11-4-1-2-6-14(11)23-9-12/h1-8H,9-10H2,(H,20,21). The van der Waals surface area contributed by atoms with Crippen molar-refractivity contribution >= 4 is 35.2 Å². The van der Waals surface area contributed by atoms with Gasteiger partial charge in [0.15, 0.2) is 11.8 Å². The number of hydrogen-bond acceptors (Lipinski definition) is 5. The van der Waals surface area contributed by atoms with Gasteiger partial charge in [-0.15, -0.1) is 0 Å². The van der Waals surface area contributed by atoms with Gasteiger partial charge in [-0.2, -0.15) is 0 Å². The molecule has 7 heteroatoms. The number of para-hydroxylation sites is 1. The van der Waals surface area contributed by atoms with E-state index in [4.69, 9.17) is 21.1 Å². The molecule has 122 valence electrons. The number of pyridine rings is 1. The van der Waals surface area contributed by atoms with Crippen molar-refractivity contribution in [1.82, 2.24) is 4.98 Å². The number of fused-ring (bicyclic) bond motifs is 1. The van der Waals surface area contributed by atoms with Crippen LogP contribution in [0.1, 0.15) is 5.56 Å². The van der Waals surface area contributed by atoms with Crippen molar-refractivity contribution in [2.45, 2.75) is 0 Å². The fraction of sp³-hybridized carbons (Fsp3) is 0.118. The van der Waals surface area contributed by atoms with Crippen LogP contribution < -0.4 is 10.1 Å². The largest absolute Gasteiger partial charge is 0.488 e. The van der Waals surface area contributed by atoms with Crippen LogP contribution in [0.4, 0.5) is 5.69 Å². The van der Waals surface area contributed by atoms with E-state index in [2.05, 4.69) is 10.3 Å². The van der Waals surface area contributed by atoms with Crippen LogP contribution in [0.3, 0.4) is 0 Å². The van der Waals surface area contributed by atoms with Crippen molar-refractivity contribution < 1.29 is 19.1 Å². The van der Waals surface area contributed by atoms with Crippen molar-refractivity contribution in [2.24, 2.45) is 0 Å². The summed E-state index contributed by atoms with van der Waals surface area (Å²) in [7, 11) is 0. The first-order valence-corrected chi connectivity index (χ1v) is 7.51. The summed E-state index contributed by atoms with van der Waals surface area (Å²) in [5.74, 6) is -0.397. The van der Waals surface area contributed by atoms with Crippen LogP contribution in [0, 0.1) is 0 Å². The SMILES string of the molecule is O=C(COC(=O)C1=Cc2ccccc2OC1)Nc1cccnc1Cl. The lowest BCUT2D eigenvalue weighted by Crippen LogP contribution is -2.24. The fourth-order valence-electron chi connectivity index (χ4n) is 2.12. The van der Waals surface area contributed by atoms with Gasteiger partial charge in [-0.1, -0.05) is 29.8 Å². The van der Waals surface area contributed by atoms with E-state index in [1.54, 1.807) is 18.2 Å². The maximum absolute atomic E-state index is 12.0. The summed E-state index contributed by atoms with van der Waals surface area (Å²) in [4.78, 5) is 27.7. The Hall–Kier alpha value is -2.86. The first kappa shape index (κ1) is 16.0. The average molecular weight is 345 g/mol. The van der Waals surface area contributed by atoms with E-state index in [9.17, 15) is 9.59 Å². The number of esters is 1. The van der Waals surface area contributed by atoms with Crippen LogP contribution in [0.25, 0.3) is 6.08 Å². The third-order valence-corrected chi connectivity index (χ3v) is 3.56. The van der Waals surface area contributed by atoms with E-state index in [1.807, 2.05) is 24.3 Å². The summed E-state index contributed by atoms with van der Waals surface area (Å²) in [6.45, 7) is -0.324. The molecule has 2 aromatic rings. The molecule has 0 fully saturated rings. The van der Waals surface area contributed by atoms with Crippen LogP contribution in [-0.2, 0) is 14.3 Å². The Morgan fingerprint density at radius 2 is 2.08 bits per heavy atom. The zero-order valence-corrected chi connectivity index (χ0v) is 13.2. The van der Waals surface area contributed by atoms with E-state index in [0.29, 0.717) is 17.0 Å². The molecule has 1 amide bonds. The van der Waals surface area contributed by atoms with Crippen molar-refractivity contribution in [2.75, 3.05) is 18.5 Å². The summed E-state index contributed by atoms with van der Waals surface area (Å²) in [6, 6.07) is 10.6. The van der Waals surface area contributed by atoms with Gasteiger partial charge in [0.25, 0.3) is 5.91 Å². The van der Waals surface area contributed by atoms with Crippen molar-refractivity contribution in [1.29, 1.82) is 0 Å². The quantitative estimate of drug-likeness (QED) is 0.681. The molecule has 0 saturated heterocycles. The summed E-state index contributed by atoms with van der Waals surface area (Å²) < 4.78 is 10.5. The highest BCUT2D eigenvalue weighted by Crippen LogP contribution is 2.26. The Kier molecular flexibility index (Phi) is 4.77. The Morgan fingerprint density at radius 1 is 1.25 bits per heavy atom. The third kappa shape index (κ3) is 3.72. The zero-order valence-electron chi connectivity index (χ0n) is 12.5. The molecular formula is C17H13ClN2O4. The van der Waals surface area contributed by atoms with Gasteiger partial charge in [-0.05, 0) is 24.3 Å². The number of amides is 1. The summed E-state index contributed by atoms with van der Waals surface area (Å²) in [6.07, 6.45) is 3.20. The fourth-order valence-corrected chi connectivity index (χ4v) is 2.29. The van der Waals surface area contributed by atoms with Gasteiger partial charge in [0.1, 0.15) is 12.4 Å². The van der Waals surface area contributed by atoms with E-state index in [-0.39, 0.29) is 11.8 Å². The lowest BCUT2D eigenvalue weighted by atomic mass is 10.1. The van der Waals surface area contributed by atoms with Crippen molar-refractivity contribution in [3.8, 4) is 5.75 Å². The Labute approximate surface area is 143 Å². The molecule has 0 atom stereocenters. The lowest BCUT2D eigenvalue weighted by Gasteiger charge is -2.16. The lowest BCUT2D eigenvalue weighted by molar-refractivity contribution is -0.143. The maximum Gasteiger partial charge on any atom is 0.338 e. The summed E-state index contributed by atoms with van der Waals surface area (Å²) in [5.41, 5.74) is 1.50. The minimum atomic E-state index is -0.600. The molecule has 3 rings (SSSR count). The van der Waals surface area contributed by atoms with Crippen molar-refractivity contribution in [3.63, 3.8) is 0 Å². The molecule has 0 spiro atoms. The molecule has 2 heterocycles. The molecule has 1 N–H and O–H groups in total. The van der Waals surface area contributed by atoms with Gasteiger partial charge in [0.2, 0.25) is 0 Å². The Bertz CT molecular complexity index is 820. The highest BCUT2D eigenvalue weighted by Gasteiger charge is 2.19. The van der Waals surface area contributed by atoms with Gasteiger partial charge >= 0.3 is 5.97 Å². The van der Waals surface area contributed by atoms with Crippen molar-refractivity contribution in [3.05, 3.63) is 58.9 Å². The number of nitrogens with one attached hydrogen (secondary N) is 1. The number of carbonyl (C=O) groups is 2. The molecule has 1 aromatic heterocycles. The van der Waals surface area contributed by atoms with Gasteiger partial charge in [-0.25, -0.2) is 9.78 Å². The highest BCUT2D eigenvalue weighted by atomic mass is 35.5. The zero-order chi connectivity index (χ0) is 16.9. The average Bonchev–Trinajstić information content (AvgIpc) is 2.61. The van der Waals surface area contributed by atoms with E-state index < -0.39 is 18.5 Å². The molecule has 24 heavy (non-hydrogen) atoms. The Morgan fingerprint density at radius 3 is 2.92 bits per heavy atom.